The topological polar surface area (TPSA) is 705 Å². The smallest absolute Gasteiger partial charge is 0.327 e. The van der Waals surface area contributed by atoms with Gasteiger partial charge in [0.15, 0.2) is 17.9 Å². The summed E-state index contributed by atoms with van der Waals surface area (Å²) in [6, 6.07) is -3.73. The van der Waals surface area contributed by atoms with E-state index in [1.165, 1.54) is 6.92 Å². The van der Waals surface area contributed by atoms with E-state index in [0.717, 1.165) is 21.6 Å². The summed E-state index contributed by atoms with van der Waals surface area (Å²) in [5, 5.41) is 103. The number of nitrogens with one attached hydrogen (secondary N) is 19. The molecule has 1 aliphatic heterocycles. The molecule has 1 saturated heterocycles. The summed E-state index contributed by atoms with van der Waals surface area (Å²) in [7, 11) is 1.49. The van der Waals surface area contributed by atoms with E-state index in [-0.39, 0.29) is 83.8 Å². The van der Waals surface area contributed by atoms with E-state index in [0.29, 0.717) is 11.1 Å². The molecule has 3 rings (SSSR count). The highest BCUT2D eigenvalue weighted by molar-refractivity contribution is 8.76. The Morgan fingerprint density at radius 1 is 0.491 bits per heavy atom. The Labute approximate surface area is 653 Å². The minimum atomic E-state index is -1.99. The van der Waals surface area contributed by atoms with Gasteiger partial charge in [-0.3, -0.25) is 83.4 Å². The van der Waals surface area contributed by atoms with Crippen LogP contribution < -0.4 is 108 Å². The zero-order valence-corrected chi connectivity index (χ0v) is 64.2. The lowest BCUT2D eigenvalue weighted by Crippen LogP contribution is -2.62. The molecule has 1 aliphatic rings. The number of hydrogen-bond donors (Lipinski definition) is 27. The van der Waals surface area contributed by atoms with E-state index < -0.39 is 235 Å². The minimum absolute atomic E-state index is 0.00140. The lowest BCUT2D eigenvalue weighted by molar-refractivity contribution is -0.142. The Morgan fingerprint density at radius 3 is 1.33 bits per heavy atom. The van der Waals surface area contributed by atoms with Crippen LogP contribution in [-0.4, -0.2) is 257 Å². The molecular weight excluding hydrogens is 1510 g/mol. The highest BCUT2D eigenvalue weighted by Crippen LogP contribution is 2.24. The van der Waals surface area contributed by atoms with Gasteiger partial charge in [0.05, 0.1) is 32.7 Å². The van der Waals surface area contributed by atoms with Crippen LogP contribution in [0.2, 0.25) is 0 Å². The van der Waals surface area contributed by atoms with Crippen LogP contribution in [0.15, 0.2) is 60.7 Å². The van der Waals surface area contributed by atoms with Gasteiger partial charge in [-0.1, -0.05) is 123 Å². The Hall–Kier alpha value is -11.1. The van der Waals surface area contributed by atoms with Crippen LogP contribution in [0.25, 0.3) is 0 Å². The minimum Gasteiger partial charge on any atom is -0.481 e. The molecule has 0 saturated carbocycles. The molecule has 0 aromatic heterocycles. The van der Waals surface area contributed by atoms with Crippen molar-refractivity contribution in [3.8, 4) is 0 Å². The van der Waals surface area contributed by atoms with Gasteiger partial charge in [0, 0.05) is 44.0 Å². The van der Waals surface area contributed by atoms with Crippen molar-refractivity contribution in [2.45, 2.75) is 171 Å². The van der Waals surface area contributed by atoms with Crippen LogP contribution >= 0.6 is 21.6 Å². The molecule has 1 heterocycles. The first-order valence-electron chi connectivity index (χ1n) is 36.0. The van der Waals surface area contributed by atoms with Crippen molar-refractivity contribution in [3.05, 3.63) is 71.8 Å². The van der Waals surface area contributed by atoms with Gasteiger partial charge >= 0.3 is 11.9 Å². The number of rotatable bonds is 29. The van der Waals surface area contributed by atoms with Gasteiger partial charge in [0.1, 0.15) is 72.5 Å². The number of carboxylic acids is 2. The predicted octanol–water partition coefficient (Wildman–Crippen LogP) is -7.81. The summed E-state index contributed by atoms with van der Waals surface area (Å²) in [5.74, 6) is -21.0. The summed E-state index contributed by atoms with van der Waals surface area (Å²) in [5.41, 5.74) is 23.1. The third-order valence-electron chi connectivity index (χ3n) is 17.3. The van der Waals surface area contributed by atoms with Crippen LogP contribution in [0.4, 0.5) is 0 Å². The van der Waals surface area contributed by atoms with Crippen molar-refractivity contribution in [2.24, 2.45) is 34.8 Å². The molecule has 0 aliphatic carbocycles. The third kappa shape index (κ3) is 35.7. The van der Waals surface area contributed by atoms with Gasteiger partial charge in [-0.05, 0) is 61.5 Å². The second-order valence-electron chi connectivity index (χ2n) is 26.2. The van der Waals surface area contributed by atoms with E-state index in [4.69, 9.17) is 39.2 Å². The Bertz CT molecular complexity index is 3560. The standard InChI is InChI=1S/C68H107N23O19S2/c1-5-35(3)52-63(107)85-44(27-38-18-11-8-12-19-38)59(103)82-41(21-14-24-77-67(72)73)56(100)89-48(65(109)110)34-112-111-33-47(88-61(105)46(32-93)87-54(98)39(69)31-92)62(106)84-43(26-37-16-9-7-10-17-37)55(99)80-29-49(94)79-30-50(95)81-40(20-13-23-76-66(70)71)57(101)90-53(36(4)6-2)64(108)86-45(28-51(96)97)60(104)83-42(58(102)91-52)22-15-25-78-68(74)75/h7-12,16-19,35-36,39-48,52-53,92-93H,5-6,13-15,20-34,69H2,1-4H3,(H,79,94)(H,80,99)(H,81,95)(H,82,103)(H,83,104)(H,84,106)(H,85,107)(H,86,108)(H,87,98)(H,88,105)(H,89,100)(H,90,101)(H,91,102)(H,96,97)(H,109,110)(H4,70,71,76)(H4,72,73,77)(H4,74,75,78)/t35-,36-,39-,40-,41?,42-,43?,44-,45?,46-,47-,48-,52?,53-/m0/s1. The second kappa shape index (κ2) is 50.6. The van der Waals surface area contributed by atoms with Crippen LogP contribution in [0.3, 0.4) is 0 Å². The van der Waals surface area contributed by atoms with E-state index in [2.05, 4.69) is 85.1 Å². The normalized spacial score (nSPS) is 22.8. The highest BCUT2D eigenvalue weighted by atomic mass is 33.1. The number of aliphatic carboxylic acids is 2. The first-order chi connectivity index (χ1) is 53.1. The molecule has 620 valence electrons. The molecule has 13 amide bonds. The summed E-state index contributed by atoms with van der Waals surface area (Å²) in [6.07, 6.45) is -2.05. The van der Waals surface area contributed by atoms with Crippen LogP contribution in [-0.2, 0) is 84.8 Å². The number of carbonyl (C=O) groups excluding carboxylic acids is 13. The first kappa shape index (κ1) is 95.1. The summed E-state index contributed by atoms with van der Waals surface area (Å²) >= 11 is 0. The van der Waals surface area contributed by atoms with Crippen molar-refractivity contribution in [1.82, 2.24) is 85.1 Å². The predicted molar refractivity (Wildman–Crippen MR) is 411 cm³/mol. The maximum absolute atomic E-state index is 14.9. The Kier molecular flexibility index (Phi) is 43.0. The molecular formula is C68H107N23O19S2. The molecule has 14 atom stereocenters. The quantitative estimate of drug-likeness (QED) is 0.0156. The summed E-state index contributed by atoms with van der Waals surface area (Å²) in [4.78, 5) is 210. The summed E-state index contributed by atoms with van der Waals surface area (Å²) in [6.45, 7) is 2.66. The van der Waals surface area contributed by atoms with E-state index in [9.17, 15) is 92.3 Å². The molecule has 2 aromatic rings. The number of aliphatic hydroxyl groups is 2. The average molecular weight is 1610 g/mol. The van der Waals surface area contributed by atoms with Gasteiger partial charge in [-0.15, -0.1) is 0 Å². The maximum atomic E-state index is 14.9. The zero-order chi connectivity index (χ0) is 83.6. The van der Waals surface area contributed by atoms with Gasteiger partial charge in [-0.2, -0.15) is 0 Å². The third-order valence-corrected chi connectivity index (χ3v) is 19.7. The van der Waals surface area contributed by atoms with Crippen molar-refractivity contribution >= 4 is 128 Å². The highest BCUT2D eigenvalue weighted by Gasteiger charge is 2.39. The maximum Gasteiger partial charge on any atom is 0.327 e. The van der Waals surface area contributed by atoms with Crippen LogP contribution in [0.5, 0.6) is 0 Å². The molecule has 112 heavy (non-hydrogen) atoms. The van der Waals surface area contributed by atoms with E-state index >= 15 is 0 Å². The number of aliphatic hydroxyl groups excluding tert-OH is 2. The van der Waals surface area contributed by atoms with Crippen LogP contribution in [0.1, 0.15) is 96.6 Å². The second-order valence-corrected chi connectivity index (χ2v) is 28.7. The Balaban J connectivity index is 2.31. The number of guanidine groups is 3. The van der Waals surface area contributed by atoms with Gasteiger partial charge in [0.25, 0.3) is 0 Å². The molecule has 4 unspecified atom stereocenters. The lowest BCUT2D eigenvalue weighted by Gasteiger charge is -2.30. The molecule has 42 nitrogen and oxygen atoms in total. The number of benzene rings is 2. The molecule has 1 fully saturated rings. The fourth-order valence-electron chi connectivity index (χ4n) is 10.6. The zero-order valence-electron chi connectivity index (χ0n) is 62.5. The molecule has 0 bridgehead atoms. The monoisotopic (exact) mass is 1610 g/mol. The van der Waals surface area contributed by atoms with Crippen molar-refractivity contribution < 1.29 is 92.3 Å². The number of amides is 13. The molecule has 0 spiro atoms. The van der Waals surface area contributed by atoms with Gasteiger partial charge in [-0.25, -0.2) is 4.79 Å². The SMILES string of the molecule is CC[C@H](C)C1NC(=O)[C@H](CCCNC(=N)N)NC(=O)C(CC(=O)O)NC(=O)[C@H]([C@@H](C)CC)NC(=O)[C@H](CCCNC(=N)N)NC(=O)CNC(=O)CNC(=O)C(Cc2ccccc2)NC(=O)[C@@H](NC(=O)[C@H](CO)NC(=O)[C@@H](N)CO)CSSC[C@@H](C(=O)O)NC(=O)C(CCCNC(=N)N)NC(=O)[C@H](Cc2ccccc2)NC1=O. The first-order valence-corrected chi connectivity index (χ1v) is 38.5. The van der Waals surface area contributed by atoms with E-state index in [1.807, 2.05) is 0 Å². The van der Waals surface area contributed by atoms with Crippen molar-refractivity contribution in [2.75, 3.05) is 57.4 Å². The molecule has 44 heteroatoms. The lowest BCUT2D eigenvalue weighted by atomic mass is 9.96. The molecule has 2 aromatic carbocycles. The molecule has 0 radical (unpaired) electrons. The fraction of sp³-hybridized carbons (Fsp3) is 0.559. The Morgan fingerprint density at radius 2 is 0.893 bits per heavy atom. The number of nitrogens with two attached hydrogens (primary N) is 4. The number of carboxylic acid groups (broad SMARTS) is 2. The average Bonchev–Trinajstić information content (AvgIpc) is 0.846. The number of carbonyl (C=O) groups is 15. The van der Waals surface area contributed by atoms with Crippen LogP contribution in [0, 0.1) is 28.1 Å². The summed E-state index contributed by atoms with van der Waals surface area (Å²) < 4.78 is 0. The van der Waals surface area contributed by atoms with E-state index in [1.54, 1.807) is 81.4 Å². The van der Waals surface area contributed by atoms with Gasteiger partial charge in [0.2, 0.25) is 76.8 Å². The van der Waals surface area contributed by atoms with Crippen molar-refractivity contribution in [3.63, 3.8) is 0 Å². The van der Waals surface area contributed by atoms with Crippen molar-refractivity contribution in [1.29, 1.82) is 16.2 Å². The molecule has 31 N–H and O–H groups in total. The fourth-order valence-corrected chi connectivity index (χ4v) is 12.9. The largest absolute Gasteiger partial charge is 0.481 e. The number of hydrogen-bond acceptors (Lipinski definition) is 23. The van der Waals surface area contributed by atoms with Gasteiger partial charge < -0.3 is 128 Å².